The normalized spacial score (nSPS) is 17.9. The number of hydrogen-bond donors (Lipinski definition) is 1. The molecule has 1 fully saturated rings. The van der Waals surface area contributed by atoms with Crippen molar-refractivity contribution in [3.8, 4) is 0 Å². The Bertz CT molecular complexity index is 1660. The number of benzene rings is 1. The second-order valence-corrected chi connectivity index (χ2v) is 11.0. The van der Waals surface area contributed by atoms with E-state index >= 15 is 0 Å². The lowest BCUT2D eigenvalue weighted by atomic mass is 9.89. The summed E-state index contributed by atoms with van der Waals surface area (Å²) in [7, 11) is 0. The first-order valence-electron chi connectivity index (χ1n) is 14.0. The van der Waals surface area contributed by atoms with Crippen LogP contribution in [0.2, 0.25) is 0 Å². The van der Waals surface area contributed by atoms with Gasteiger partial charge >= 0.3 is 17.8 Å². The highest BCUT2D eigenvalue weighted by Crippen LogP contribution is 2.34. The Hall–Kier alpha value is -3.94. The summed E-state index contributed by atoms with van der Waals surface area (Å²) in [6, 6.07) is 5.19. The molecular weight excluding hydrogens is 560 g/mol. The Labute approximate surface area is 237 Å². The first-order valence-corrected chi connectivity index (χ1v) is 14.0. The number of carbonyl (C=O) groups excluding carboxylic acids is 1. The number of anilines is 1. The van der Waals surface area contributed by atoms with Gasteiger partial charge in [0.05, 0.1) is 6.54 Å². The average molecular weight is 591 g/mol. The fourth-order valence-corrected chi connectivity index (χ4v) is 6.20. The lowest BCUT2D eigenvalue weighted by molar-refractivity contribution is -0.203. The summed E-state index contributed by atoms with van der Waals surface area (Å²) in [4.78, 5) is 46.0. The molecule has 1 aromatic carbocycles. The van der Waals surface area contributed by atoms with E-state index in [0.717, 1.165) is 59.9 Å². The predicted molar refractivity (Wildman–Crippen MR) is 144 cm³/mol. The number of esters is 1. The fourth-order valence-electron chi connectivity index (χ4n) is 6.20. The van der Waals surface area contributed by atoms with Gasteiger partial charge in [-0.05, 0) is 48.4 Å². The van der Waals surface area contributed by atoms with Crippen LogP contribution in [0, 0.1) is 11.7 Å². The highest BCUT2D eigenvalue weighted by Gasteiger charge is 2.41. The molecule has 0 radical (unpaired) electrons. The van der Waals surface area contributed by atoms with Gasteiger partial charge in [0.15, 0.2) is 17.9 Å². The Morgan fingerprint density at radius 3 is 2.48 bits per heavy atom. The van der Waals surface area contributed by atoms with Crippen molar-refractivity contribution in [3.05, 3.63) is 67.8 Å². The van der Waals surface area contributed by atoms with Gasteiger partial charge in [0.1, 0.15) is 5.82 Å². The Kier molecular flexibility index (Phi) is 7.41. The van der Waals surface area contributed by atoms with Crippen molar-refractivity contribution >= 4 is 23.1 Å². The third kappa shape index (κ3) is 5.23. The number of carbonyl (C=O) groups is 1. The molecule has 4 heterocycles. The number of hydrogen-bond acceptors (Lipinski definition) is 7. The van der Waals surface area contributed by atoms with E-state index in [2.05, 4.69) is 10.1 Å². The van der Waals surface area contributed by atoms with E-state index in [-0.39, 0.29) is 23.6 Å². The molecule has 1 N–H and O–H groups in total. The molecule has 0 atom stereocenters. The van der Waals surface area contributed by atoms with Crippen molar-refractivity contribution in [1.29, 1.82) is 0 Å². The zero-order valence-electron chi connectivity index (χ0n) is 22.8. The number of rotatable bonds is 7. The number of imidazole rings is 1. The van der Waals surface area contributed by atoms with Crippen LogP contribution in [0.25, 0.3) is 11.2 Å². The third-order valence-corrected chi connectivity index (χ3v) is 8.31. The van der Waals surface area contributed by atoms with Crippen LogP contribution in [0.5, 0.6) is 0 Å². The maximum Gasteiger partial charge on any atom is 0.490 e. The Morgan fingerprint density at radius 2 is 1.76 bits per heavy atom. The van der Waals surface area contributed by atoms with Crippen LogP contribution in [-0.4, -0.2) is 50.5 Å². The van der Waals surface area contributed by atoms with Crippen molar-refractivity contribution in [2.24, 2.45) is 5.92 Å². The summed E-state index contributed by atoms with van der Waals surface area (Å²) < 4.78 is 60.5. The van der Waals surface area contributed by atoms with Gasteiger partial charge < -0.3 is 19.5 Å². The van der Waals surface area contributed by atoms with Crippen LogP contribution in [0.4, 0.5) is 23.5 Å². The quantitative estimate of drug-likeness (QED) is 0.333. The van der Waals surface area contributed by atoms with Crippen LogP contribution in [-0.2, 0) is 29.4 Å². The second-order valence-electron chi connectivity index (χ2n) is 11.0. The largest absolute Gasteiger partial charge is 0.490 e. The molecule has 2 aliphatic heterocycles. The first kappa shape index (κ1) is 28.2. The van der Waals surface area contributed by atoms with Gasteiger partial charge in [0.25, 0.3) is 5.56 Å². The maximum atomic E-state index is 14.1. The number of nitrogens with one attached hydrogen (secondary N) is 1. The topological polar surface area (TPSA) is 103 Å². The smallest absolute Gasteiger partial charge is 0.437 e. The minimum absolute atomic E-state index is 0.0420. The predicted octanol–water partition coefficient (Wildman–Crippen LogP) is 3.26. The van der Waals surface area contributed by atoms with E-state index < -0.39 is 35.9 Å². The molecule has 0 bridgehead atoms. The van der Waals surface area contributed by atoms with Crippen LogP contribution in [0.15, 0.2) is 45.1 Å². The highest BCUT2D eigenvalue weighted by molar-refractivity contribution is 5.77. The van der Waals surface area contributed by atoms with Crippen LogP contribution in [0.1, 0.15) is 44.1 Å². The summed E-state index contributed by atoms with van der Waals surface area (Å²) >= 11 is 0. The van der Waals surface area contributed by atoms with Crippen LogP contribution < -0.4 is 21.5 Å². The van der Waals surface area contributed by atoms with Gasteiger partial charge in [0, 0.05) is 31.9 Å². The molecule has 0 amide bonds. The Morgan fingerprint density at radius 1 is 1.02 bits per heavy atom. The van der Waals surface area contributed by atoms with Gasteiger partial charge in [-0.15, -0.1) is 0 Å². The molecule has 14 heteroatoms. The molecule has 42 heavy (non-hydrogen) atoms. The molecule has 1 aliphatic carbocycles. The molecule has 1 saturated carbocycles. The molecule has 0 spiro atoms. The molecule has 224 valence electrons. The van der Waals surface area contributed by atoms with Gasteiger partial charge in [-0.25, -0.2) is 18.5 Å². The van der Waals surface area contributed by atoms with E-state index in [0.29, 0.717) is 31.1 Å². The van der Waals surface area contributed by atoms with Crippen LogP contribution >= 0.6 is 0 Å². The standard InChI is InChI=1S/C28H30F4N6O4/c29-20-8-6-18(7-9-20)15-37-24(39)22-23(38(27(37)41)16-42-25(40)28(30,31)32)34-26(35-11-10-19-12-33-13-21(19)35)36(22)14-17-4-2-1-3-5-17/h6-9,17,33H,1-5,10-16H2. The number of ether oxygens (including phenoxy) is 1. The SMILES string of the molecule is O=C(OCn1c(=O)n(Cc2ccc(F)cc2)c(=O)c2c1nc(N1CCC3=C1CNC3)n2CC1CCCCC1)C(F)(F)F. The number of fused-ring (bicyclic) bond motifs is 1. The van der Waals surface area contributed by atoms with E-state index in [4.69, 9.17) is 4.98 Å². The van der Waals surface area contributed by atoms with E-state index in [9.17, 15) is 31.9 Å². The van der Waals surface area contributed by atoms with Crippen molar-refractivity contribution in [1.82, 2.24) is 24.0 Å². The Balaban J connectivity index is 1.54. The van der Waals surface area contributed by atoms with Gasteiger partial charge in [-0.3, -0.25) is 9.36 Å². The van der Waals surface area contributed by atoms with Crippen molar-refractivity contribution < 1.29 is 27.1 Å². The number of aromatic nitrogens is 4. The molecule has 0 saturated heterocycles. The first-order chi connectivity index (χ1) is 20.1. The van der Waals surface area contributed by atoms with Crippen LogP contribution in [0.3, 0.4) is 0 Å². The molecule has 3 aliphatic rings. The highest BCUT2D eigenvalue weighted by atomic mass is 19.4. The molecule has 0 unspecified atom stereocenters. The van der Waals surface area contributed by atoms with Gasteiger partial charge in [-0.1, -0.05) is 31.4 Å². The fraction of sp³-hybridized carbons (Fsp3) is 0.500. The van der Waals surface area contributed by atoms with Crippen molar-refractivity contribution in [3.63, 3.8) is 0 Å². The van der Waals surface area contributed by atoms with Gasteiger partial charge in [-0.2, -0.15) is 18.2 Å². The summed E-state index contributed by atoms with van der Waals surface area (Å²) in [6.07, 6.45) is 0.620. The summed E-state index contributed by atoms with van der Waals surface area (Å²) in [5.74, 6) is -2.31. The average Bonchev–Trinajstić information content (AvgIpc) is 3.67. The number of alkyl halides is 3. The van der Waals surface area contributed by atoms with E-state index in [1.165, 1.54) is 29.8 Å². The summed E-state index contributed by atoms with van der Waals surface area (Å²) in [6.45, 7) is 1.02. The summed E-state index contributed by atoms with van der Waals surface area (Å²) in [5.41, 5.74) is 0.894. The van der Waals surface area contributed by atoms with Gasteiger partial charge in [0.2, 0.25) is 5.95 Å². The van der Waals surface area contributed by atoms with E-state index in [1.807, 2.05) is 4.90 Å². The molecule has 3 aromatic rings. The third-order valence-electron chi connectivity index (χ3n) is 8.31. The maximum absolute atomic E-state index is 14.1. The zero-order chi connectivity index (χ0) is 29.6. The number of halogens is 4. The van der Waals surface area contributed by atoms with Crippen molar-refractivity contribution in [2.45, 2.75) is 64.5 Å². The lowest BCUT2D eigenvalue weighted by Crippen LogP contribution is -2.42. The number of nitrogens with zero attached hydrogens (tertiary/aromatic N) is 5. The minimum atomic E-state index is -5.27. The second kappa shape index (κ2) is 11.0. The molecule has 10 nitrogen and oxygen atoms in total. The minimum Gasteiger partial charge on any atom is -0.437 e. The summed E-state index contributed by atoms with van der Waals surface area (Å²) in [5, 5.41) is 3.31. The lowest BCUT2D eigenvalue weighted by Gasteiger charge is -2.26. The molecular formula is C28H30F4N6O4. The molecule has 2 aromatic heterocycles. The monoisotopic (exact) mass is 590 g/mol. The van der Waals surface area contributed by atoms with Crippen molar-refractivity contribution in [2.75, 3.05) is 24.5 Å². The molecule has 6 rings (SSSR count). The zero-order valence-corrected chi connectivity index (χ0v) is 22.8. The van der Waals surface area contributed by atoms with E-state index in [1.54, 1.807) is 4.57 Å².